The lowest BCUT2D eigenvalue weighted by molar-refractivity contribution is 0.0925. The molecule has 1 N–H and O–H groups in total. The molecule has 3 aromatic carbocycles. The number of carbonyl (C=O) groups excluding carboxylic acids is 3. The number of amides is 3. The number of nitrogens with one attached hydrogen (secondary N) is 1. The maximum atomic E-state index is 13.0. The summed E-state index contributed by atoms with van der Waals surface area (Å²) in [6.07, 6.45) is 1.61. The predicted octanol–water partition coefficient (Wildman–Crippen LogP) is 4.94. The number of pyridine rings is 1. The molecule has 6 nitrogen and oxygen atoms in total. The molecule has 1 aromatic heterocycles. The van der Waals surface area contributed by atoms with Gasteiger partial charge in [0, 0.05) is 22.3 Å². The average Bonchev–Trinajstić information content (AvgIpc) is 3.03. The van der Waals surface area contributed by atoms with Gasteiger partial charge in [0.2, 0.25) is 0 Å². The third-order valence-corrected chi connectivity index (χ3v) is 5.29. The molecule has 0 atom stereocenters. The normalized spacial score (nSPS) is 12.9. The average molecular weight is 428 g/mol. The van der Waals surface area contributed by atoms with Crippen LogP contribution in [0.5, 0.6) is 0 Å². The number of nitrogens with zero attached hydrogens (tertiary/aromatic N) is 2. The Morgan fingerprint density at radius 2 is 1.61 bits per heavy atom. The van der Waals surface area contributed by atoms with Crippen molar-refractivity contribution in [2.75, 3.05) is 10.2 Å². The van der Waals surface area contributed by atoms with Gasteiger partial charge in [0.25, 0.3) is 17.7 Å². The van der Waals surface area contributed by atoms with Crippen molar-refractivity contribution >= 4 is 51.6 Å². The number of hydrogen-bond acceptors (Lipinski definition) is 4. The molecule has 2 heterocycles. The maximum absolute atomic E-state index is 13.0. The smallest absolute Gasteiger partial charge is 0.266 e. The summed E-state index contributed by atoms with van der Waals surface area (Å²) in [5.74, 6) is -1.19. The van der Waals surface area contributed by atoms with Gasteiger partial charge in [0.05, 0.1) is 27.9 Å². The molecule has 0 radical (unpaired) electrons. The number of anilines is 2. The zero-order chi connectivity index (χ0) is 21.5. The highest BCUT2D eigenvalue weighted by atomic mass is 35.5. The molecule has 1 aliphatic rings. The van der Waals surface area contributed by atoms with E-state index in [9.17, 15) is 14.4 Å². The van der Waals surface area contributed by atoms with Crippen LogP contribution in [0.4, 0.5) is 11.4 Å². The van der Waals surface area contributed by atoms with E-state index in [0.29, 0.717) is 38.6 Å². The highest BCUT2D eigenvalue weighted by Crippen LogP contribution is 2.30. The standard InChI is InChI=1S/C24H14ClN3O3/c25-15-11-14-5-4-10-26-21(14)20(12-15)22(29)27-16-6-3-7-17(13-16)28-23(30)18-8-1-2-9-19(18)24(28)31/h1-13H,(H,27,29). The monoisotopic (exact) mass is 427 g/mol. The Labute approximate surface area is 182 Å². The maximum Gasteiger partial charge on any atom is 0.266 e. The minimum atomic E-state index is -0.397. The molecule has 31 heavy (non-hydrogen) atoms. The first-order valence-electron chi connectivity index (χ1n) is 9.46. The fraction of sp³-hybridized carbons (Fsp3) is 0. The molecule has 0 spiro atoms. The Bertz CT molecular complexity index is 1360. The van der Waals surface area contributed by atoms with Crippen molar-refractivity contribution in [2.45, 2.75) is 0 Å². The topological polar surface area (TPSA) is 79.4 Å². The summed E-state index contributed by atoms with van der Waals surface area (Å²) in [6, 6.07) is 20.2. The second-order valence-electron chi connectivity index (χ2n) is 7.02. The lowest BCUT2D eigenvalue weighted by atomic mass is 10.1. The Kier molecular flexibility index (Phi) is 4.49. The molecule has 0 bridgehead atoms. The number of imide groups is 1. The largest absolute Gasteiger partial charge is 0.322 e. The van der Waals surface area contributed by atoms with Crippen LogP contribution >= 0.6 is 11.6 Å². The first-order valence-corrected chi connectivity index (χ1v) is 9.84. The van der Waals surface area contributed by atoms with Gasteiger partial charge < -0.3 is 5.32 Å². The summed E-state index contributed by atoms with van der Waals surface area (Å²) in [5.41, 5.74) is 2.38. The van der Waals surface area contributed by atoms with Gasteiger partial charge in [0.1, 0.15) is 0 Å². The summed E-state index contributed by atoms with van der Waals surface area (Å²) in [7, 11) is 0. The number of halogens is 1. The van der Waals surface area contributed by atoms with Crippen LogP contribution in [0.25, 0.3) is 10.9 Å². The zero-order valence-corrected chi connectivity index (χ0v) is 16.8. The zero-order valence-electron chi connectivity index (χ0n) is 16.0. The summed E-state index contributed by atoms with van der Waals surface area (Å²) < 4.78 is 0. The number of aromatic nitrogens is 1. The number of benzene rings is 3. The molecular weight excluding hydrogens is 414 g/mol. The molecule has 0 saturated heterocycles. The van der Waals surface area contributed by atoms with Crippen LogP contribution < -0.4 is 10.2 Å². The van der Waals surface area contributed by atoms with E-state index in [1.807, 2.05) is 6.07 Å². The van der Waals surface area contributed by atoms with Crippen LogP contribution in [-0.4, -0.2) is 22.7 Å². The molecule has 7 heteroatoms. The molecule has 0 aliphatic carbocycles. The van der Waals surface area contributed by atoms with Crippen LogP contribution in [0, 0.1) is 0 Å². The number of fused-ring (bicyclic) bond motifs is 2. The Hall–Kier alpha value is -4.03. The van der Waals surface area contributed by atoms with Crippen molar-refractivity contribution in [3.8, 4) is 0 Å². The molecule has 1 aliphatic heterocycles. The molecule has 3 amide bonds. The summed E-state index contributed by atoms with van der Waals surface area (Å²) >= 11 is 6.17. The third kappa shape index (κ3) is 3.23. The molecule has 0 unspecified atom stereocenters. The van der Waals surface area contributed by atoms with Crippen molar-refractivity contribution in [2.24, 2.45) is 0 Å². The number of hydrogen-bond donors (Lipinski definition) is 1. The van der Waals surface area contributed by atoms with Crippen LogP contribution in [0.2, 0.25) is 5.02 Å². The molecule has 4 aromatic rings. The number of rotatable bonds is 3. The van der Waals surface area contributed by atoms with Crippen molar-refractivity contribution in [3.05, 3.63) is 101 Å². The van der Waals surface area contributed by atoms with Crippen LogP contribution in [0.1, 0.15) is 31.1 Å². The summed E-state index contributed by atoms with van der Waals surface area (Å²) in [5, 5.41) is 3.98. The molecular formula is C24H14ClN3O3. The fourth-order valence-corrected chi connectivity index (χ4v) is 3.90. The van der Waals surface area contributed by atoms with E-state index in [0.717, 1.165) is 10.3 Å². The summed E-state index contributed by atoms with van der Waals surface area (Å²) in [4.78, 5) is 43.8. The van der Waals surface area contributed by atoms with E-state index in [1.165, 1.54) is 0 Å². The van der Waals surface area contributed by atoms with Crippen molar-refractivity contribution in [3.63, 3.8) is 0 Å². The molecule has 5 rings (SSSR count). The summed E-state index contributed by atoms with van der Waals surface area (Å²) in [6.45, 7) is 0. The van der Waals surface area contributed by atoms with Gasteiger partial charge in [-0.15, -0.1) is 0 Å². The van der Waals surface area contributed by atoms with E-state index >= 15 is 0 Å². The van der Waals surface area contributed by atoms with Crippen LogP contribution in [-0.2, 0) is 0 Å². The SMILES string of the molecule is O=C(Nc1cccc(N2C(=O)c3ccccc3C2=O)c1)c1cc(Cl)cc2cccnc12. The van der Waals surface area contributed by atoms with Gasteiger partial charge >= 0.3 is 0 Å². The van der Waals surface area contributed by atoms with Crippen molar-refractivity contribution in [1.82, 2.24) is 4.98 Å². The van der Waals surface area contributed by atoms with Gasteiger partial charge in [0.15, 0.2) is 0 Å². The minimum Gasteiger partial charge on any atom is -0.322 e. The van der Waals surface area contributed by atoms with E-state index < -0.39 is 17.7 Å². The Morgan fingerprint density at radius 3 is 2.35 bits per heavy atom. The predicted molar refractivity (Wildman–Crippen MR) is 119 cm³/mol. The minimum absolute atomic E-state index is 0.328. The Balaban J connectivity index is 1.47. The molecule has 0 fully saturated rings. The lowest BCUT2D eigenvalue weighted by Crippen LogP contribution is -2.29. The van der Waals surface area contributed by atoms with E-state index in [2.05, 4.69) is 10.3 Å². The van der Waals surface area contributed by atoms with Crippen molar-refractivity contribution in [1.29, 1.82) is 0 Å². The second-order valence-corrected chi connectivity index (χ2v) is 7.46. The third-order valence-electron chi connectivity index (χ3n) is 5.07. The van der Waals surface area contributed by atoms with E-state index in [4.69, 9.17) is 11.6 Å². The first-order chi connectivity index (χ1) is 15.0. The molecule has 150 valence electrons. The Morgan fingerprint density at radius 1 is 0.871 bits per heavy atom. The van der Waals surface area contributed by atoms with E-state index in [1.54, 1.807) is 72.9 Å². The van der Waals surface area contributed by atoms with E-state index in [-0.39, 0.29) is 0 Å². The van der Waals surface area contributed by atoms with Crippen LogP contribution in [0.15, 0.2) is 79.0 Å². The van der Waals surface area contributed by atoms with Gasteiger partial charge in [-0.05, 0) is 48.5 Å². The lowest BCUT2D eigenvalue weighted by Gasteiger charge is -2.15. The van der Waals surface area contributed by atoms with Crippen LogP contribution in [0.3, 0.4) is 0 Å². The first kappa shape index (κ1) is 19.0. The highest BCUT2D eigenvalue weighted by molar-refractivity contribution is 6.34. The van der Waals surface area contributed by atoms with Crippen molar-refractivity contribution < 1.29 is 14.4 Å². The fourth-order valence-electron chi connectivity index (χ4n) is 3.67. The van der Waals surface area contributed by atoms with Gasteiger partial charge in [-0.1, -0.05) is 35.9 Å². The quantitative estimate of drug-likeness (QED) is 0.469. The van der Waals surface area contributed by atoms with Gasteiger partial charge in [-0.2, -0.15) is 0 Å². The highest BCUT2D eigenvalue weighted by Gasteiger charge is 2.36. The van der Waals surface area contributed by atoms with Gasteiger partial charge in [-0.25, -0.2) is 4.90 Å². The molecule has 0 saturated carbocycles. The van der Waals surface area contributed by atoms with Gasteiger partial charge in [-0.3, -0.25) is 19.4 Å². The number of carbonyl (C=O) groups is 3. The second kappa shape index (κ2) is 7.34.